The van der Waals surface area contributed by atoms with Gasteiger partial charge in [0.2, 0.25) is 0 Å². The second-order valence-corrected chi connectivity index (χ2v) is 5.32. The maximum atomic E-state index is 9.02. The van der Waals surface area contributed by atoms with Crippen LogP contribution in [0.5, 0.6) is 11.5 Å². The SMILES string of the molecule is CCNCc1cccc(OC)c1OCCC(C)(C)C#N. The van der Waals surface area contributed by atoms with E-state index in [1.165, 1.54) is 0 Å². The van der Waals surface area contributed by atoms with Crippen LogP contribution in [0.1, 0.15) is 32.8 Å². The fourth-order valence-corrected chi connectivity index (χ4v) is 1.75. The molecule has 0 saturated carbocycles. The van der Waals surface area contributed by atoms with Crippen molar-refractivity contribution in [3.63, 3.8) is 0 Å². The summed E-state index contributed by atoms with van der Waals surface area (Å²) in [7, 11) is 1.64. The Labute approximate surface area is 121 Å². The Morgan fingerprint density at radius 1 is 1.35 bits per heavy atom. The molecule has 110 valence electrons. The predicted molar refractivity (Wildman–Crippen MR) is 79.9 cm³/mol. The number of rotatable bonds is 8. The summed E-state index contributed by atoms with van der Waals surface area (Å²) in [6.07, 6.45) is 0.683. The van der Waals surface area contributed by atoms with Crippen LogP contribution in [0, 0.1) is 16.7 Å². The molecule has 0 aliphatic heterocycles. The Balaban J connectivity index is 2.78. The number of methoxy groups -OCH3 is 1. The fourth-order valence-electron chi connectivity index (χ4n) is 1.75. The van der Waals surface area contributed by atoms with E-state index in [1.807, 2.05) is 32.0 Å². The van der Waals surface area contributed by atoms with Gasteiger partial charge < -0.3 is 14.8 Å². The summed E-state index contributed by atoms with van der Waals surface area (Å²) in [5.74, 6) is 1.50. The van der Waals surface area contributed by atoms with Crippen LogP contribution in [0.25, 0.3) is 0 Å². The van der Waals surface area contributed by atoms with Crippen LogP contribution < -0.4 is 14.8 Å². The van der Waals surface area contributed by atoms with E-state index in [0.29, 0.717) is 13.0 Å². The van der Waals surface area contributed by atoms with Gasteiger partial charge in [0.15, 0.2) is 11.5 Å². The number of nitrogens with zero attached hydrogens (tertiary/aromatic N) is 1. The number of hydrogen-bond acceptors (Lipinski definition) is 4. The van der Waals surface area contributed by atoms with Gasteiger partial charge in [0.25, 0.3) is 0 Å². The van der Waals surface area contributed by atoms with Gasteiger partial charge in [-0.1, -0.05) is 19.1 Å². The van der Waals surface area contributed by atoms with Gasteiger partial charge in [-0.2, -0.15) is 5.26 Å². The van der Waals surface area contributed by atoms with Gasteiger partial charge in [0, 0.05) is 12.1 Å². The third-order valence-electron chi connectivity index (χ3n) is 3.12. The first kappa shape index (κ1) is 16.3. The average Bonchev–Trinajstić information content (AvgIpc) is 2.45. The first-order chi connectivity index (χ1) is 9.54. The molecule has 0 aliphatic rings. The third kappa shape index (κ3) is 4.75. The first-order valence-corrected chi connectivity index (χ1v) is 6.94. The van der Waals surface area contributed by atoms with Crippen molar-refractivity contribution in [2.24, 2.45) is 5.41 Å². The van der Waals surface area contributed by atoms with E-state index < -0.39 is 0 Å². The largest absolute Gasteiger partial charge is 0.493 e. The molecule has 0 fully saturated rings. The standard InChI is InChI=1S/C16H24N2O2/c1-5-18-11-13-7-6-8-14(19-4)15(13)20-10-9-16(2,3)12-17/h6-8,18H,5,9-11H2,1-4H3. The molecule has 0 saturated heterocycles. The number of nitrogens with one attached hydrogen (secondary N) is 1. The summed E-state index contributed by atoms with van der Waals surface area (Å²) in [4.78, 5) is 0. The molecule has 0 heterocycles. The summed E-state index contributed by atoms with van der Waals surface area (Å²) in [6, 6.07) is 8.15. The van der Waals surface area contributed by atoms with Gasteiger partial charge in [-0.05, 0) is 32.9 Å². The van der Waals surface area contributed by atoms with Gasteiger partial charge >= 0.3 is 0 Å². The minimum atomic E-state index is -0.371. The number of hydrogen-bond donors (Lipinski definition) is 1. The lowest BCUT2D eigenvalue weighted by atomic mass is 9.92. The molecule has 0 bridgehead atoms. The molecule has 0 radical (unpaired) electrons. The van der Waals surface area contributed by atoms with E-state index in [1.54, 1.807) is 7.11 Å². The Morgan fingerprint density at radius 3 is 2.70 bits per heavy atom. The van der Waals surface area contributed by atoms with Crippen molar-refractivity contribution in [3.05, 3.63) is 23.8 Å². The number of ether oxygens (including phenoxy) is 2. The Morgan fingerprint density at radius 2 is 2.10 bits per heavy atom. The fraction of sp³-hybridized carbons (Fsp3) is 0.562. The van der Waals surface area contributed by atoms with Crippen LogP contribution in [0.4, 0.5) is 0 Å². The number of para-hydroxylation sites is 1. The highest BCUT2D eigenvalue weighted by atomic mass is 16.5. The van der Waals surface area contributed by atoms with E-state index in [9.17, 15) is 0 Å². The molecule has 0 atom stereocenters. The minimum Gasteiger partial charge on any atom is -0.493 e. The van der Waals surface area contributed by atoms with E-state index >= 15 is 0 Å². The van der Waals surface area contributed by atoms with Crippen molar-refractivity contribution in [1.82, 2.24) is 5.32 Å². The van der Waals surface area contributed by atoms with Crippen LogP contribution in [-0.2, 0) is 6.54 Å². The van der Waals surface area contributed by atoms with Crippen LogP contribution >= 0.6 is 0 Å². The summed E-state index contributed by atoms with van der Waals surface area (Å²) in [5, 5.41) is 12.3. The van der Waals surface area contributed by atoms with Crippen molar-refractivity contribution < 1.29 is 9.47 Å². The smallest absolute Gasteiger partial charge is 0.165 e. The summed E-state index contributed by atoms with van der Waals surface area (Å²) < 4.78 is 11.2. The van der Waals surface area contributed by atoms with Gasteiger partial charge in [0.1, 0.15) is 0 Å². The van der Waals surface area contributed by atoms with Crippen LogP contribution in [0.3, 0.4) is 0 Å². The zero-order valence-corrected chi connectivity index (χ0v) is 12.8. The molecule has 1 N–H and O–H groups in total. The molecule has 0 spiro atoms. The van der Waals surface area contributed by atoms with Crippen LogP contribution in [0.15, 0.2) is 18.2 Å². The Hall–Kier alpha value is -1.73. The minimum absolute atomic E-state index is 0.371. The first-order valence-electron chi connectivity index (χ1n) is 6.94. The second kappa shape index (κ2) is 7.76. The van der Waals surface area contributed by atoms with Crippen molar-refractivity contribution >= 4 is 0 Å². The number of nitriles is 1. The normalized spacial score (nSPS) is 10.9. The molecular formula is C16H24N2O2. The van der Waals surface area contributed by atoms with Gasteiger partial charge in [-0.15, -0.1) is 0 Å². The van der Waals surface area contributed by atoms with Crippen molar-refractivity contribution in [3.8, 4) is 17.6 Å². The average molecular weight is 276 g/mol. The van der Waals surface area contributed by atoms with Gasteiger partial charge in [-0.3, -0.25) is 0 Å². The van der Waals surface area contributed by atoms with E-state index in [2.05, 4.69) is 18.3 Å². The molecule has 20 heavy (non-hydrogen) atoms. The zero-order valence-electron chi connectivity index (χ0n) is 12.8. The summed E-state index contributed by atoms with van der Waals surface area (Å²) in [6.45, 7) is 8.04. The topological polar surface area (TPSA) is 54.3 Å². The monoisotopic (exact) mass is 276 g/mol. The Bertz CT molecular complexity index is 464. The van der Waals surface area contributed by atoms with Crippen molar-refractivity contribution in [2.45, 2.75) is 33.7 Å². The zero-order chi connectivity index (χ0) is 15.0. The molecule has 1 aromatic rings. The molecule has 1 aromatic carbocycles. The lowest BCUT2D eigenvalue weighted by Gasteiger charge is -2.18. The summed E-state index contributed by atoms with van der Waals surface area (Å²) >= 11 is 0. The highest BCUT2D eigenvalue weighted by Gasteiger charge is 2.18. The molecule has 1 rings (SSSR count). The number of benzene rings is 1. The van der Waals surface area contributed by atoms with E-state index in [4.69, 9.17) is 14.7 Å². The maximum absolute atomic E-state index is 9.02. The quantitative estimate of drug-likeness (QED) is 0.792. The lowest BCUT2D eigenvalue weighted by molar-refractivity contribution is 0.250. The Kier molecular flexibility index (Phi) is 6.33. The van der Waals surface area contributed by atoms with Crippen LogP contribution in [-0.4, -0.2) is 20.3 Å². The second-order valence-electron chi connectivity index (χ2n) is 5.32. The van der Waals surface area contributed by atoms with Gasteiger partial charge in [-0.25, -0.2) is 0 Å². The van der Waals surface area contributed by atoms with E-state index in [0.717, 1.165) is 30.2 Å². The van der Waals surface area contributed by atoms with Crippen LogP contribution in [0.2, 0.25) is 0 Å². The maximum Gasteiger partial charge on any atom is 0.165 e. The molecular weight excluding hydrogens is 252 g/mol. The molecule has 4 nitrogen and oxygen atoms in total. The molecule has 0 unspecified atom stereocenters. The van der Waals surface area contributed by atoms with Crippen molar-refractivity contribution in [2.75, 3.05) is 20.3 Å². The highest BCUT2D eigenvalue weighted by molar-refractivity contribution is 5.46. The molecule has 0 aromatic heterocycles. The summed E-state index contributed by atoms with van der Waals surface area (Å²) in [5.41, 5.74) is 0.699. The predicted octanol–water partition coefficient (Wildman–Crippen LogP) is 3.12. The molecule has 0 amide bonds. The third-order valence-corrected chi connectivity index (χ3v) is 3.12. The molecule has 4 heteroatoms. The lowest BCUT2D eigenvalue weighted by Crippen LogP contribution is -2.16. The molecule has 0 aliphatic carbocycles. The highest BCUT2D eigenvalue weighted by Crippen LogP contribution is 2.32. The van der Waals surface area contributed by atoms with E-state index in [-0.39, 0.29) is 5.41 Å². The van der Waals surface area contributed by atoms with Crippen molar-refractivity contribution in [1.29, 1.82) is 5.26 Å². The van der Waals surface area contributed by atoms with Gasteiger partial charge in [0.05, 0.1) is 25.2 Å².